The van der Waals surface area contributed by atoms with E-state index in [0.717, 1.165) is 49.3 Å². The fraction of sp³-hybridized carbons (Fsp3) is 0.600. The van der Waals surface area contributed by atoms with Crippen molar-refractivity contribution in [1.29, 1.82) is 0 Å². The molecular weight excluding hydrogens is 450 g/mol. The van der Waals surface area contributed by atoms with Gasteiger partial charge in [0, 0.05) is 56.7 Å². The summed E-state index contributed by atoms with van der Waals surface area (Å²) in [5, 5.41) is 46.0. The van der Waals surface area contributed by atoms with Crippen LogP contribution in [0.25, 0.3) is 0 Å². The van der Waals surface area contributed by atoms with E-state index < -0.39 is 24.4 Å². The summed E-state index contributed by atoms with van der Waals surface area (Å²) in [5.74, 6) is 0.675. The van der Waals surface area contributed by atoms with Crippen molar-refractivity contribution in [3.63, 3.8) is 0 Å². The molecule has 1 aromatic carbocycles. The van der Waals surface area contributed by atoms with Gasteiger partial charge in [-0.3, -0.25) is 9.69 Å². The molecule has 35 heavy (non-hydrogen) atoms. The third kappa shape index (κ3) is 7.25. The Kier molecular flexibility index (Phi) is 10.1. The maximum atomic E-state index is 12.6. The first kappa shape index (κ1) is 27.1. The van der Waals surface area contributed by atoms with Crippen LogP contribution in [0, 0.1) is 0 Å². The minimum atomic E-state index is -1.22. The first-order valence-corrected chi connectivity index (χ1v) is 12.3. The Morgan fingerprint density at radius 1 is 1.14 bits per heavy atom. The number of carbonyl (C=O) groups is 1. The SMILES string of the molecule is CN(C)C(=O)c1cc(NCCCCCCN2C[C@H](O)[C@@H](O)[C@H](O)[C@H]2CO)cc(C2=NC=CCN2)c1. The molecule has 1 amide bonds. The zero-order valence-corrected chi connectivity index (χ0v) is 20.6. The molecule has 0 saturated carbocycles. The summed E-state index contributed by atoms with van der Waals surface area (Å²) in [6.07, 6.45) is 4.05. The van der Waals surface area contributed by atoms with Gasteiger partial charge in [-0.05, 0) is 43.7 Å². The Morgan fingerprint density at radius 2 is 1.91 bits per heavy atom. The normalized spacial score (nSPS) is 24.6. The van der Waals surface area contributed by atoms with E-state index in [2.05, 4.69) is 15.6 Å². The number of β-amino-alcohol motifs (C(OH)–C–C–N with tert-alkyl or cyclic N) is 1. The molecule has 3 rings (SSSR count). The Balaban J connectivity index is 1.47. The number of amides is 1. The van der Waals surface area contributed by atoms with Crippen molar-refractivity contribution in [3.05, 3.63) is 41.6 Å². The van der Waals surface area contributed by atoms with Gasteiger partial charge in [0.1, 0.15) is 18.0 Å². The molecule has 1 saturated heterocycles. The van der Waals surface area contributed by atoms with Gasteiger partial charge >= 0.3 is 0 Å². The number of carbonyl (C=O) groups excluding carboxylic acids is 1. The van der Waals surface area contributed by atoms with Gasteiger partial charge in [0.05, 0.1) is 18.8 Å². The van der Waals surface area contributed by atoms with Crippen LogP contribution in [0.4, 0.5) is 5.69 Å². The highest BCUT2D eigenvalue weighted by Gasteiger charge is 2.40. The van der Waals surface area contributed by atoms with Gasteiger partial charge in [-0.15, -0.1) is 0 Å². The zero-order chi connectivity index (χ0) is 25.4. The fourth-order valence-electron chi connectivity index (χ4n) is 4.47. The molecule has 1 fully saturated rings. The van der Waals surface area contributed by atoms with Gasteiger partial charge < -0.3 is 36.0 Å². The lowest BCUT2D eigenvalue weighted by Crippen LogP contribution is -2.62. The Hall–Kier alpha value is -2.50. The van der Waals surface area contributed by atoms with Gasteiger partial charge in [-0.25, -0.2) is 4.99 Å². The maximum absolute atomic E-state index is 12.6. The van der Waals surface area contributed by atoms with Gasteiger partial charge in [-0.2, -0.15) is 0 Å². The largest absolute Gasteiger partial charge is 0.395 e. The van der Waals surface area contributed by atoms with Crippen LogP contribution in [-0.4, -0.2) is 113 Å². The summed E-state index contributed by atoms with van der Waals surface area (Å²) < 4.78 is 0. The number of aliphatic hydroxyl groups excluding tert-OH is 4. The number of nitrogens with zero attached hydrogens (tertiary/aromatic N) is 3. The molecule has 10 nitrogen and oxygen atoms in total. The first-order valence-electron chi connectivity index (χ1n) is 12.3. The number of nitrogens with one attached hydrogen (secondary N) is 2. The second-order valence-corrected chi connectivity index (χ2v) is 9.38. The number of amidine groups is 1. The minimum Gasteiger partial charge on any atom is -0.395 e. The molecule has 4 atom stereocenters. The summed E-state index contributed by atoms with van der Waals surface area (Å²) in [6.45, 7) is 2.07. The standard InChI is InChI=1S/C25H39N5O5/c1-29(2)25(35)18-12-17(24-27-9-7-10-28-24)13-19(14-18)26-8-5-3-4-6-11-30-15-21(32)23(34)22(33)20(30)16-31/h7,9,12-14,20-23,26,31-34H,3-6,8,10-11,15-16H2,1-2H3,(H,27,28)/t20-,21+,22-,23-/m1/s1. The molecule has 194 valence electrons. The average Bonchev–Trinajstić information content (AvgIpc) is 2.86. The summed E-state index contributed by atoms with van der Waals surface area (Å²) in [4.78, 5) is 20.4. The molecule has 0 radical (unpaired) electrons. The van der Waals surface area contributed by atoms with E-state index in [0.29, 0.717) is 18.7 Å². The molecule has 0 unspecified atom stereocenters. The van der Waals surface area contributed by atoms with Crippen molar-refractivity contribution in [2.75, 3.05) is 52.2 Å². The van der Waals surface area contributed by atoms with E-state index in [9.17, 15) is 25.2 Å². The molecule has 2 heterocycles. The third-order valence-corrected chi connectivity index (χ3v) is 6.47. The number of hydrogen-bond acceptors (Lipinski definition) is 9. The highest BCUT2D eigenvalue weighted by molar-refractivity contribution is 6.03. The number of unbranched alkanes of at least 4 members (excludes halogenated alkanes) is 3. The third-order valence-electron chi connectivity index (χ3n) is 6.47. The quantitative estimate of drug-likeness (QED) is 0.238. The van der Waals surface area contributed by atoms with Crippen LogP contribution < -0.4 is 10.6 Å². The van der Waals surface area contributed by atoms with Crippen LogP contribution in [-0.2, 0) is 0 Å². The Bertz CT molecular complexity index is 906. The van der Waals surface area contributed by atoms with E-state index in [4.69, 9.17) is 0 Å². The van der Waals surface area contributed by atoms with Crippen LogP contribution in [0.3, 0.4) is 0 Å². The van der Waals surface area contributed by atoms with Crippen LogP contribution in [0.5, 0.6) is 0 Å². The lowest BCUT2D eigenvalue weighted by molar-refractivity contribution is -0.145. The van der Waals surface area contributed by atoms with Crippen molar-refractivity contribution in [1.82, 2.24) is 15.1 Å². The molecule has 0 spiro atoms. The van der Waals surface area contributed by atoms with Crippen molar-refractivity contribution in [2.45, 2.75) is 50.0 Å². The van der Waals surface area contributed by atoms with E-state index >= 15 is 0 Å². The van der Waals surface area contributed by atoms with Crippen molar-refractivity contribution in [2.24, 2.45) is 4.99 Å². The molecule has 2 aliphatic rings. The molecule has 2 aliphatic heterocycles. The number of aliphatic imine (C=N–C) groups is 1. The zero-order valence-electron chi connectivity index (χ0n) is 20.6. The smallest absolute Gasteiger partial charge is 0.253 e. The lowest BCUT2D eigenvalue weighted by Gasteiger charge is -2.43. The van der Waals surface area contributed by atoms with Gasteiger partial charge in [-0.1, -0.05) is 12.8 Å². The number of benzene rings is 1. The molecule has 0 aromatic heterocycles. The molecule has 0 bridgehead atoms. The van der Waals surface area contributed by atoms with Crippen LogP contribution in [0.2, 0.25) is 0 Å². The number of piperidine rings is 1. The predicted octanol–water partition coefficient (Wildman–Crippen LogP) is -0.0166. The number of likely N-dealkylation sites (tertiary alicyclic amines) is 1. The second kappa shape index (κ2) is 13.0. The lowest BCUT2D eigenvalue weighted by atomic mass is 9.94. The summed E-state index contributed by atoms with van der Waals surface area (Å²) >= 11 is 0. The Morgan fingerprint density at radius 3 is 2.60 bits per heavy atom. The summed E-state index contributed by atoms with van der Waals surface area (Å²) in [6, 6.07) is 5.15. The molecule has 1 aromatic rings. The molecular formula is C25H39N5O5. The number of aliphatic hydroxyl groups is 4. The van der Waals surface area contributed by atoms with Crippen molar-refractivity contribution < 1.29 is 25.2 Å². The number of anilines is 1. The van der Waals surface area contributed by atoms with Gasteiger partial charge in [0.2, 0.25) is 0 Å². The monoisotopic (exact) mass is 489 g/mol. The van der Waals surface area contributed by atoms with Crippen LogP contribution in [0.1, 0.15) is 41.6 Å². The fourth-order valence-corrected chi connectivity index (χ4v) is 4.47. The maximum Gasteiger partial charge on any atom is 0.253 e. The van der Waals surface area contributed by atoms with Crippen LogP contribution >= 0.6 is 0 Å². The summed E-state index contributed by atoms with van der Waals surface area (Å²) in [7, 11) is 3.47. The number of rotatable bonds is 11. The van der Waals surface area contributed by atoms with Gasteiger partial charge in [0.15, 0.2) is 0 Å². The Labute approximate surface area is 207 Å². The second-order valence-electron chi connectivity index (χ2n) is 9.38. The van der Waals surface area contributed by atoms with E-state index in [-0.39, 0.29) is 19.1 Å². The highest BCUT2D eigenvalue weighted by Crippen LogP contribution is 2.20. The minimum absolute atomic E-state index is 0.0662. The van der Waals surface area contributed by atoms with Crippen molar-refractivity contribution in [3.8, 4) is 0 Å². The highest BCUT2D eigenvalue weighted by atomic mass is 16.4. The van der Waals surface area contributed by atoms with E-state index in [1.807, 2.05) is 29.2 Å². The predicted molar refractivity (Wildman–Crippen MR) is 136 cm³/mol. The van der Waals surface area contributed by atoms with Crippen molar-refractivity contribution >= 4 is 17.4 Å². The number of hydrogen-bond donors (Lipinski definition) is 6. The van der Waals surface area contributed by atoms with E-state index in [1.165, 1.54) is 0 Å². The molecule has 6 N–H and O–H groups in total. The molecule has 10 heteroatoms. The average molecular weight is 490 g/mol. The van der Waals surface area contributed by atoms with E-state index in [1.54, 1.807) is 25.2 Å². The van der Waals surface area contributed by atoms with Crippen LogP contribution in [0.15, 0.2) is 35.5 Å². The van der Waals surface area contributed by atoms with Gasteiger partial charge in [0.25, 0.3) is 5.91 Å². The first-order chi connectivity index (χ1) is 16.8. The summed E-state index contributed by atoms with van der Waals surface area (Å²) in [5.41, 5.74) is 2.33. The topological polar surface area (TPSA) is 141 Å². The molecule has 0 aliphatic carbocycles.